The Morgan fingerprint density at radius 1 is 1.28 bits per heavy atom. The SMILES string of the molecule is CS(=O)(=O)CCN(CC(F)(F)F)C1CCNCC1. The van der Waals surface area contributed by atoms with Crippen LogP contribution in [-0.4, -0.2) is 63.7 Å². The maximum absolute atomic E-state index is 12.5. The first kappa shape index (κ1) is 15.7. The fourth-order valence-electron chi connectivity index (χ4n) is 2.08. The fraction of sp³-hybridized carbons (Fsp3) is 1.00. The smallest absolute Gasteiger partial charge is 0.317 e. The van der Waals surface area contributed by atoms with Gasteiger partial charge in [-0.1, -0.05) is 0 Å². The summed E-state index contributed by atoms with van der Waals surface area (Å²) in [7, 11) is -3.24. The molecule has 1 saturated heterocycles. The summed E-state index contributed by atoms with van der Waals surface area (Å²) in [6, 6.07) is -0.186. The second-order valence-corrected chi connectivity index (χ2v) is 6.96. The van der Waals surface area contributed by atoms with Crippen molar-refractivity contribution >= 4 is 9.84 Å². The molecule has 1 heterocycles. The first-order chi connectivity index (χ1) is 8.17. The Labute approximate surface area is 105 Å². The van der Waals surface area contributed by atoms with E-state index in [0.717, 1.165) is 6.26 Å². The maximum atomic E-state index is 12.5. The molecule has 1 N–H and O–H groups in total. The molecule has 0 atom stereocenters. The molecule has 0 aromatic heterocycles. The number of hydrogen-bond acceptors (Lipinski definition) is 4. The summed E-state index contributed by atoms with van der Waals surface area (Å²) in [5, 5.41) is 3.08. The molecule has 0 amide bonds. The Balaban J connectivity index is 2.61. The first-order valence-electron chi connectivity index (χ1n) is 5.87. The van der Waals surface area contributed by atoms with E-state index in [1.165, 1.54) is 4.90 Å². The minimum absolute atomic E-state index is 0.0526. The van der Waals surface area contributed by atoms with Gasteiger partial charge >= 0.3 is 6.18 Å². The third kappa shape index (κ3) is 6.55. The van der Waals surface area contributed by atoms with Crippen LogP contribution < -0.4 is 5.32 Å². The number of nitrogens with one attached hydrogen (secondary N) is 1. The number of hydrogen-bond donors (Lipinski definition) is 1. The zero-order valence-corrected chi connectivity index (χ0v) is 11.1. The van der Waals surface area contributed by atoms with Gasteiger partial charge in [-0.25, -0.2) is 8.42 Å². The van der Waals surface area contributed by atoms with Crippen LogP contribution in [0.1, 0.15) is 12.8 Å². The maximum Gasteiger partial charge on any atom is 0.401 e. The molecule has 1 aliphatic heterocycles. The van der Waals surface area contributed by atoms with E-state index in [9.17, 15) is 21.6 Å². The summed E-state index contributed by atoms with van der Waals surface area (Å²) in [6.45, 7) is 0.270. The lowest BCUT2D eigenvalue weighted by Crippen LogP contribution is -2.48. The molecule has 0 aromatic rings. The van der Waals surface area contributed by atoms with Gasteiger partial charge in [0.2, 0.25) is 0 Å². The molecule has 0 spiro atoms. The molecule has 1 rings (SSSR count). The van der Waals surface area contributed by atoms with Crippen LogP contribution >= 0.6 is 0 Å². The number of nitrogens with zero attached hydrogens (tertiary/aromatic N) is 1. The highest BCUT2D eigenvalue weighted by atomic mass is 32.2. The van der Waals surface area contributed by atoms with Crippen molar-refractivity contribution in [2.24, 2.45) is 0 Å². The Bertz CT molecular complexity index is 351. The van der Waals surface area contributed by atoms with Crippen LogP contribution in [0.2, 0.25) is 0 Å². The largest absolute Gasteiger partial charge is 0.401 e. The molecule has 1 fully saturated rings. The first-order valence-corrected chi connectivity index (χ1v) is 7.93. The Hall–Kier alpha value is -0.340. The zero-order valence-electron chi connectivity index (χ0n) is 10.3. The van der Waals surface area contributed by atoms with E-state index >= 15 is 0 Å². The quantitative estimate of drug-likeness (QED) is 0.807. The molecular weight excluding hydrogens is 269 g/mol. The predicted molar refractivity (Wildman–Crippen MR) is 63.2 cm³/mol. The number of rotatable bonds is 5. The van der Waals surface area contributed by atoms with E-state index in [0.29, 0.717) is 25.9 Å². The normalized spacial score (nSPS) is 19.4. The third-order valence-electron chi connectivity index (χ3n) is 2.96. The minimum Gasteiger partial charge on any atom is -0.317 e. The van der Waals surface area contributed by atoms with E-state index in [1.54, 1.807) is 0 Å². The molecule has 0 aromatic carbocycles. The molecule has 0 bridgehead atoms. The summed E-state index contributed by atoms with van der Waals surface area (Å²) in [5.74, 6) is -0.229. The molecule has 108 valence electrons. The molecule has 0 aliphatic carbocycles. The lowest BCUT2D eigenvalue weighted by Gasteiger charge is -2.34. The molecule has 1 aliphatic rings. The number of alkyl halides is 3. The molecule has 18 heavy (non-hydrogen) atoms. The van der Waals surface area contributed by atoms with Crippen molar-refractivity contribution in [2.45, 2.75) is 25.1 Å². The van der Waals surface area contributed by atoms with Crippen LogP contribution in [0.25, 0.3) is 0 Å². The van der Waals surface area contributed by atoms with Crippen molar-refractivity contribution in [3.8, 4) is 0 Å². The van der Waals surface area contributed by atoms with E-state index in [4.69, 9.17) is 0 Å². The van der Waals surface area contributed by atoms with Gasteiger partial charge in [0.15, 0.2) is 0 Å². The van der Waals surface area contributed by atoms with E-state index < -0.39 is 22.6 Å². The monoisotopic (exact) mass is 288 g/mol. The lowest BCUT2D eigenvalue weighted by molar-refractivity contribution is -0.151. The van der Waals surface area contributed by atoms with Crippen molar-refractivity contribution in [1.29, 1.82) is 0 Å². The van der Waals surface area contributed by atoms with Gasteiger partial charge in [-0.2, -0.15) is 13.2 Å². The van der Waals surface area contributed by atoms with E-state index in [1.807, 2.05) is 0 Å². The lowest BCUT2D eigenvalue weighted by atomic mass is 10.0. The van der Waals surface area contributed by atoms with Crippen molar-refractivity contribution in [1.82, 2.24) is 10.2 Å². The topological polar surface area (TPSA) is 49.4 Å². The van der Waals surface area contributed by atoms with Crippen LogP contribution in [0.3, 0.4) is 0 Å². The third-order valence-corrected chi connectivity index (χ3v) is 3.88. The Morgan fingerprint density at radius 2 is 1.83 bits per heavy atom. The number of sulfone groups is 1. The zero-order chi connectivity index (χ0) is 13.8. The molecule has 4 nitrogen and oxygen atoms in total. The van der Waals surface area contributed by atoms with Gasteiger partial charge in [-0.15, -0.1) is 0 Å². The molecule has 0 saturated carbocycles. The van der Waals surface area contributed by atoms with Gasteiger partial charge in [0.05, 0.1) is 12.3 Å². The second kappa shape index (κ2) is 6.21. The minimum atomic E-state index is -4.29. The van der Waals surface area contributed by atoms with Gasteiger partial charge in [0, 0.05) is 18.8 Å². The average molecular weight is 288 g/mol. The van der Waals surface area contributed by atoms with Gasteiger partial charge < -0.3 is 5.32 Å². The summed E-state index contributed by atoms with van der Waals surface area (Å²) in [6.07, 6.45) is -2.00. The molecule has 8 heteroatoms. The molecule has 0 radical (unpaired) electrons. The summed E-state index contributed by atoms with van der Waals surface area (Å²) in [4.78, 5) is 1.25. The van der Waals surface area contributed by atoms with Gasteiger partial charge in [0.25, 0.3) is 0 Å². The average Bonchev–Trinajstić information content (AvgIpc) is 2.23. The van der Waals surface area contributed by atoms with Crippen LogP contribution in [-0.2, 0) is 9.84 Å². The summed E-state index contributed by atoms with van der Waals surface area (Å²) >= 11 is 0. The van der Waals surface area contributed by atoms with Crippen LogP contribution in [0, 0.1) is 0 Å². The number of halogens is 3. The van der Waals surface area contributed by atoms with Crippen LogP contribution in [0.5, 0.6) is 0 Å². The van der Waals surface area contributed by atoms with Crippen LogP contribution in [0.15, 0.2) is 0 Å². The highest BCUT2D eigenvalue weighted by Crippen LogP contribution is 2.21. The Kier molecular flexibility index (Phi) is 5.42. The fourth-order valence-corrected chi connectivity index (χ4v) is 2.64. The van der Waals surface area contributed by atoms with E-state index in [2.05, 4.69) is 5.32 Å². The highest BCUT2D eigenvalue weighted by molar-refractivity contribution is 7.90. The van der Waals surface area contributed by atoms with Crippen molar-refractivity contribution < 1.29 is 21.6 Å². The van der Waals surface area contributed by atoms with Gasteiger partial charge in [0.1, 0.15) is 9.84 Å². The van der Waals surface area contributed by atoms with E-state index in [-0.39, 0.29) is 18.3 Å². The van der Waals surface area contributed by atoms with Crippen LogP contribution in [0.4, 0.5) is 13.2 Å². The van der Waals surface area contributed by atoms with Gasteiger partial charge in [-0.05, 0) is 25.9 Å². The van der Waals surface area contributed by atoms with Gasteiger partial charge in [-0.3, -0.25) is 4.90 Å². The van der Waals surface area contributed by atoms with Crippen molar-refractivity contribution in [2.75, 3.05) is 38.2 Å². The molecule has 0 unspecified atom stereocenters. The standard InChI is InChI=1S/C10H19F3N2O2S/c1-18(16,17)7-6-15(8-10(11,12)13)9-2-4-14-5-3-9/h9,14H,2-8H2,1H3. The summed E-state index contributed by atoms with van der Waals surface area (Å²) in [5.41, 5.74) is 0. The number of piperidine rings is 1. The second-order valence-electron chi connectivity index (χ2n) is 4.70. The molecular formula is C10H19F3N2O2S. The summed E-state index contributed by atoms with van der Waals surface area (Å²) < 4.78 is 59.5. The Morgan fingerprint density at radius 3 is 2.28 bits per heavy atom. The van der Waals surface area contributed by atoms with Crippen molar-refractivity contribution in [3.05, 3.63) is 0 Å². The highest BCUT2D eigenvalue weighted by Gasteiger charge is 2.34. The predicted octanol–water partition coefficient (Wildman–Crippen LogP) is 0.647. The van der Waals surface area contributed by atoms with Crippen molar-refractivity contribution in [3.63, 3.8) is 0 Å².